The van der Waals surface area contributed by atoms with Crippen molar-refractivity contribution in [3.63, 3.8) is 0 Å². The van der Waals surface area contributed by atoms with Crippen molar-refractivity contribution in [1.29, 1.82) is 0 Å². The Balaban J connectivity index is 1.65. The molecule has 0 aliphatic heterocycles. The Morgan fingerprint density at radius 1 is 1.04 bits per heavy atom. The molecule has 8 heteroatoms. The summed E-state index contributed by atoms with van der Waals surface area (Å²) in [6, 6.07) is 17.7. The second kappa shape index (κ2) is 7.09. The lowest BCUT2D eigenvalue weighted by molar-refractivity contribution is -0.115. The zero-order valence-corrected chi connectivity index (χ0v) is 14.7. The van der Waals surface area contributed by atoms with Gasteiger partial charge in [0.15, 0.2) is 5.16 Å². The van der Waals surface area contributed by atoms with Crippen molar-refractivity contribution >= 4 is 34.5 Å². The summed E-state index contributed by atoms with van der Waals surface area (Å²) in [5.74, 6) is 1.33. The average Bonchev–Trinajstić information content (AvgIpc) is 3.20. The molecular formula is C18H17N5O2S. The molecule has 0 aliphatic rings. The topological polar surface area (TPSA) is 87.4 Å². The molecule has 0 saturated carbocycles. The van der Waals surface area contributed by atoms with Crippen LogP contribution >= 0.6 is 11.8 Å². The van der Waals surface area contributed by atoms with Gasteiger partial charge in [0.1, 0.15) is 12.4 Å². The molecule has 7 nitrogen and oxygen atoms in total. The van der Waals surface area contributed by atoms with Crippen LogP contribution in [0.15, 0.2) is 59.8 Å². The summed E-state index contributed by atoms with van der Waals surface area (Å²) < 4.78 is 9.84. The number of imidazole rings is 1. The SMILES string of the molecule is NC(=O)CSc1nnc2n(CCOc3ccccc3)c3ccccc3n12. The molecule has 2 heterocycles. The fourth-order valence-electron chi connectivity index (χ4n) is 2.86. The number of benzene rings is 2. The van der Waals surface area contributed by atoms with Gasteiger partial charge in [-0.3, -0.25) is 9.20 Å². The first kappa shape index (κ1) is 16.5. The summed E-state index contributed by atoms with van der Waals surface area (Å²) in [4.78, 5) is 11.1. The standard InChI is InChI=1S/C18H17N5O2S/c19-16(24)12-26-18-21-20-17-22(10-11-25-13-6-2-1-3-7-13)14-8-4-5-9-15(14)23(17)18/h1-9H,10-12H2,(H2,19,24). The minimum Gasteiger partial charge on any atom is -0.492 e. The van der Waals surface area contributed by atoms with E-state index in [9.17, 15) is 4.79 Å². The molecule has 26 heavy (non-hydrogen) atoms. The Morgan fingerprint density at radius 2 is 1.77 bits per heavy atom. The lowest BCUT2D eigenvalue weighted by Crippen LogP contribution is -2.13. The third-order valence-corrected chi connectivity index (χ3v) is 4.89. The van der Waals surface area contributed by atoms with E-state index < -0.39 is 0 Å². The Morgan fingerprint density at radius 3 is 2.54 bits per heavy atom. The fraction of sp³-hybridized carbons (Fsp3) is 0.167. The number of carbonyl (C=O) groups excluding carboxylic acids is 1. The van der Waals surface area contributed by atoms with Crippen LogP contribution in [-0.2, 0) is 11.3 Å². The molecular weight excluding hydrogens is 350 g/mol. The van der Waals surface area contributed by atoms with Gasteiger partial charge >= 0.3 is 0 Å². The number of aromatic nitrogens is 4. The van der Waals surface area contributed by atoms with Crippen LogP contribution < -0.4 is 10.5 Å². The number of fused-ring (bicyclic) bond motifs is 3. The maximum atomic E-state index is 11.1. The molecule has 0 spiro atoms. The number of primary amides is 1. The van der Waals surface area contributed by atoms with Gasteiger partial charge in [-0.25, -0.2) is 0 Å². The fourth-order valence-corrected chi connectivity index (χ4v) is 3.54. The van der Waals surface area contributed by atoms with Gasteiger partial charge in [-0.2, -0.15) is 0 Å². The van der Waals surface area contributed by atoms with Crippen LogP contribution in [0.3, 0.4) is 0 Å². The molecule has 0 fully saturated rings. The van der Waals surface area contributed by atoms with Gasteiger partial charge in [-0.05, 0) is 24.3 Å². The number of nitrogens with zero attached hydrogens (tertiary/aromatic N) is 4. The van der Waals surface area contributed by atoms with Gasteiger partial charge in [0.25, 0.3) is 0 Å². The van der Waals surface area contributed by atoms with Crippen molar-refractivity contribution in [2.24, 2.45) is 5.73 Å². The van der Waals surface area contributed by atoms with E-state index in [4.69, 9.17) is 10.5 Å². The first-order chi connectivity index (χ1) is 12.7. The lowest BCUT2D eigenvalue weighted by Gasteiger charge is -2.07. The number of nitrogens with two attached hydrogens (primary N) is 1. The maximum Gasteiger partial charge on any atom is 0.237 e. The number of ether oxygens (including phenoxy) is 1. The molecule has 2 aromatic carbocycles. The largest absolute Gasteiger partial charge is 0.492 e. The molecule has 4 aromatic rings. The molecule has 1 amide bonds. The van der Waals surface area contributed by atoms with E-state index >= 15 is 0 Å². The second-order valence-electron chi connectivity index (χ2n) is 5.67. The van der Waals surface area contributed by atoms with E-state index in [0.717, 1.165) is 22.6 Å². The van der Waals surface area contributed by atoms with E-state index in [2.05, 4.69) is 14.8 Å². The van der Waals surface area contributed by atoms with Gasteiger partial charge in [-0.15, -0.1) is 10.2 Å². The van der Waals surface area contributed by atoms with Crippen molar-refractivity contribution < 1.29 is 9.53 Å². The first-order valence-corrected chi connectivity index (χ1v) is 9.14. The van der Waals surface area contributed by atoms with Crippen LogP contribution in [0.5, 0.6) is 5.75 Å². The Kier molecular flexibility index (Phi) is 4.49. The van der Waals surface area contributed by atoms with Crippen molar-refractivity contribution in [1.82, 2.24) is 19.2 Å². The quantitative estimate of drug-likeness (QED) is 0.507. The monoisotopic (exact) mass is 367 g/mol. The van der Waals surface area contributed by atoms with E-state index in [-0.39, 0.29) is 11.7 Å². The highest BCUT2D eigenvalue weighted by Gasteiger charge is 2.17. The number of rotatable bonds is 7. The Labute approximate surface area is 153 Å². The summed E-state index contributed by atoms with van der Waals surface area (Å²) in [7, 11) is 0. The van der Waals surface area contributed by atoms with Crippen LogP contribution in [0, 0.1) is 0 Å². The molecule has 0 saturated heterocycles. The van der Waals surface area contributed by atoms with Crippen LogP contribution in [0.4, 0.5) is 0 Å². The molecule has 2 N–H and O–H groups in total. The number of amides is 1. The highest BCUT2D eigenvalue weighted by atomic mass is 32.2. The Bertz CT molecular complexity index is 1060. The summed E-state index contributed by atoms with van der Waals surface area (Å²) >= 11 is 1.28. The predicted octanol–water partition coefficient (Wildman–Crippen LogP) is 2.34. The van der Waals surface area contributed by atoms with E-state index in [1.165, 1.54) is 11.8 Å². The number of carbonyl (C=O) groups is 1. The van der Waals surface area contributed by atoms with E-state index in [0.29, 0.717) is 18.3 Å². The van der Waals surface area contributed by atoms with Crippen molar-refractivity contribution in [3.05, 3.63) is 54.6 Å². The van der Waals surface area contributed by atoms with Gasteiger partial charge in [0, 0.05) is 0 Å². The lowest BCUT2D eigenvalue weighted by atomic mass is 10.3. The number of para-hydroxylation sites is 3. The van der Waals surface area contributed by atoms with Gasteiger partial charge in [0.2, 0.25) is 11.7 Å². The third kappa shape index (κ3) is 3.11. The zero-order valence-electron chi connectivity index (χ0n) is 13.9. The number of thioether (sulfide) groups is 1. The summed E-state index contributed by atoms with van der Waals surface area (Å²) in [5.41, 5.74) is 7.28. The summed E-state index contributed by atoms with van der Waals surface area (Å²) in [6.07, 6.45) is 0. The minimum atomic E-state index is -0.383. The number of hydrogen-bond donors (Lipinski definition) is 1. The van der Waals surface area contributed by atoms with E-state index in [1.54, 1.807) is 0 Å². The van der Waals surface area contributed by atoms with Crippen LogP contribution in [0.1, 0.15) is 0 Å². The average molecular weight is 367 g/mol. The van der Waals surface area contributed by atoms with Crippen LogP contribution in [-0.4, -0.2) is 37.4 Å². The zero-order chi connectivity index (χ0) is 17.9. The normalized spacial score (nSPS) is 11.2. The molecule has 132 valence electrons. The molecule has 0 aliphatic carbocycles. The van der Waals surface area contributed by atoms with Gasteiger partial charge < -0.3 is 15.0 Å². The van der Waals surface area contributed by atoms with Crippen molar-refractivity contribution in [3.8, 4) is 5.75 Å². The van der Waals surface area contributed by atoms with Gasteiger partial charge in [0.05, 0.1) is 23.3 Å². The highest BCUT2D eigenvalue weighted by Crippen LogP contribution is 2.25. The minimum absolute atomic E-state index is 0.164. The van der Waals surface area contributed by atoms with Crippen LogP contribution in [0.2, 0.25) is 0 Å². The van der Waals surface area contributed by atoms with Crippen molar-refractivity contribution in [2.75, 3.05) is 12.4 Å². The predicted molar refractivity (Wildman–Crippen MR) is 100 cm³/mol. The van der Waals surface area contributed by atoms with E-state index in [1.807, 2.05) is 59.0 Å². The molecule has 2 aromatic heterocycles. The molecule has 0 radical (unpaired) electrons. The molecule has 0 unspecified atom stereocenters. The first-order valence-electron chi connectivity index (χ1n) is 8.15. The maximum absolute atomic E-state index is 11.1. The Hall–Kier alpha value is -3.00. The van der Waals surface area contributed by atoms with Crippen molar-refractivity contribution in [2.45, 2.75) is 11.7 Å². The third-order valence-electron chi connectivity index (χ3n) is 3.94. The molecule has 0 bridgehead atoms. The highest BCUT2D eigenvalue weighted by molar-refractivity contribution is 7.99. The molecule has 0 atom stereocenters. The summed E-state index contributed by atoms with van der Waals surface area (Å²) in [5, 5.41) is 9.17. The summed E-state index contributed by atoms with van der Waals surface area (Å²) in [6.45, 7) is 1.14. The second-order valence-corrected chi connectivity index (χ2v) is 6.62. The smallest absolute Gasteiger partial charge is 0.237 e. The van der Waals surface area contributed by atoms with Crippen LogP contribution in [0.25, 0.3) is 16.8 Å². The number of hydrogen-bond acceptors (Lipinski definition) is 5. The molecule has 4 rings (SSSR count). The van der Waals surface area contributed by atoms with Gasteiger partial charge in [-0.1, -0.05) is 42.1 Å².